The van der Waals surface area contributed by atoms with Crippen LogP contribution in [0.3, 0.4) is 0 Å². The van der Waals surface area contributed by atoms with E-state index in [1.54, 1.807) is 0 Å². The Morgan fingerprint density at radius 1 is 1.17 bits per heavy atom. The van der Waals surface area contributed by atoms with E-state index in [1.807, 2.05) is 6.21 Å². The van der Waals surface area contributed by atoms with E-state index in [9.17, 15) is 0 Å². The molecule has 1 aromatic carbocycles. The van der Waals surface area contributed by atoms with Crippen LogP contribution in [-0.2, 0) is 7.05 Å². The maximum Gasteiger partial charge on any atom is 0.0818 e. The van der Waals surface area contributed by atoms with Crippen molar-refractivity contribution in [1.29, 1.82) is 0 Å². The molecule has 0 bridgehead atoms. The van der Waals surface area contributed by atoms with Crippen LogP contribution in [0, 0.1) is 6.92 Å². The number of fused-ring (bicyclic) bond motifs is 3. The molecule has 2 heterocycles. The largest absolute Gasteiger partial charge is 0.342 e. The van der Waals surface area contributed by atoms with Crippen LogP contribution in [0.25, 0.3) is 21.8 Å². The molecule has 3 aromatic rings. The Bertz CT molecular complexity index is 872. The van der Waals surface area contributed by atoms with Crippen LogP contribution in [0.1, 0.15) is 25.2 Å². The summed E-state index contributed by atoms with van der Waals surface area (Å²) in [6.07, 6.45) is 1.91. The molecule has 24 heavy (non-hydrogen) atoms. The minimum atomic E-state index is 0.815. The van der Waals surface area contributed by atoms with Gasteiger partial charge in [0.15, 0.2) is 0 Å². The molecular weight excluding hydrogens is 296 g/mol. The SMILES string of the molecule is CCN(CC)CCN=Cc1cc2c3ccccc3n(C)c2c(C)n1. The highest BCUT2D eigenvalue weighted by atomic mass is 15.1. The molecule has 4 heteroatoms. The molecule has 0 unspecified atom stereocenters. The van der Waals surface area contributed by atoms with Crippen molar-refractivity contribution >= 4 is 28.0 Å². The molecule has 0 N–H and O–H groups in total. The lowest BCUT2D eigenvalue weighted by molar-refractivity contribution is 0.313. The molecular formula is C20H26N4. The second kappa shape index (κ2) is 7.14. The van der Waals surface area contributed by atoms with Crippen molar-refractivity contribution < 1.29 is 0 Å². The van der Waals surface area contributed by atoms with Crippen LogP contribution in [0.5, 0.6) is 0 Å². The second-order valence-corrected chi connectivity index (χ2v) is 6.17. The lowest BCUT2D eigenvalue weighted by Crippen LogP contribution is -2.25. The zero-order chi connectivity index (χ0) is 17.1. The fraction of sp³-hybridized carbons (Fsp3) is 0.400. The van der Waals surface area contributed by atoms with Crippen molar-refractivity contribution in [3.05, 3.63) is 41.7 Å². The quantitative estimate of drug-likeness (QED) is 0.647. The highest BCUT2D eigenvalue weighted by Gasteiger charge is 2.11. The Morgan fingerprint density at radius 3 is 2.67 bits per heavy atom. The molecule has 0 radical (unpaired) electrons. The van der Waals surface area contributed by atoms with Crippen LogP contribution >= 0.6 is 0 Å². The molecule has 2 aromatic heterocycles. The molecule has 0 saturated carbocycles. The number of rotatable bonds is 6. The summed E-state index contributed by atoms with van der Waals surface area (Å²) < 4.78 is 2.23. The number of nitrogens with zero attached hydrogens (tertiary/aromatic N) is 4. The van der Waals surface area contributed by atoms with Crippen LogP contribution in [0.4, 0.5) is 0 Å². The number of benzene rings is 1. The first-order valence-electron chi connectivity index (χ1n) is 8.72. The molecule has 0 saturated heterocycles. The van der Waals surface area contributed by atoms with Gasteiger partial charge in [0.1, 0.15) is 0 Å². The summed E-state index contributed by atoms with van der Waals surface area (Å²) in [6.45, 7) is 10.4. The van der Waals surface area contributed by atoms with E-state index in [-0.39, 0.29) is 0 Å². The van der Waals surface area contributed by atoms with E-state index in [2.05, 4.69) is 72.6 Å². The zero-order valence-electron chi connectivity index (χ0n) is 15.1. The van der Waals surface area contributed by atoms with E-state index >= 15 is 0 Å². The number of likely N-dealkylation sites (N-methyl/N-ethyl adjacent to an activating group) is 1. The summed E-state index contributed by atoms with van der Waals surface area (Å²) in [5, 5.41) is 2.53. The summed E-state index contributed by atoms with van der Waals surface area (Å²) in [5.74, 6) is 0. The fourth-order valence-corrected chi connectivity index (χ4v) is 3.40. The predicted octanol–water partition coefficient (Wildman–Crippen LogP) is 3.80. The number of para-hydroxylation sites is 1. The second-order valence-electron chi connectivity index (χ2n) is 6.17. The standard InChI is InChI=1S/C20H26N4/c1-5-24(6-2)12-11-21-14-16-13-18-17-9-7-8-10-19(17)23(4)20(18)15(3)22-16/h7-10,13-14H,5-6,11-12H2,1-4H3. The van der Waals surface area contributed by atoms with Crippen molar-refractivity contribution in [2.24, 2.45) is 12.0 Å². The van der Waals surface area contributed by atoms with Crippen LogP contribution < -0.4 is 0 Å². The Labute approximate surface area is 143 Å². The Balaban J connectivity index is 1.92. The maximum absolute atomic E-state index is 4.73. The molecule has 126 valence electrons. The van der Waals surface area contributed by atoms with Crippen molar-refractivity contribution in [3.63, 3.8) is 0 Å². The maximum atomic E-state index is 4.73. The van der Waals surface area contributed by atoms with Gasteiger partial charge in [-0.2, -0.15) is 0 Å². The minimum absolute atomic E-state index is 0.815. The topological polar surface area (TPSA) is 33.4 Å². The van der Waals surface area contributed by atoms with Gasteiger partial charge in [-0.1, -0.05) is 32.0 Å². The van der Waals surface area contributed by atoms with E-state index in [4.69, 9.17) is 4.98 Å². The normalized spacial score (nSPS) is 12.2. The van der Waals surface area contributed by atoms with Crippen LogP contribution in [-0.4, -0.2) is 46.8 Å². The third-order valence-corrected chi connectivity index (χ3v) is 4.74. The fourth-order valence-electron chi connectivity index (χ4n) is 3.40. The third kappa shape index (κ3) is 3.06. The van der Waals surface area contributed by atoms with Crippen molar-refractivity contribution in [1.82, 2.24) is 14.5 Å². The summed E-state index contributed by atoms with van der Waals surface area (Å²) in [7, 11) is 2.11. The smallest absolute Gasteiger partial charge is 0.0818 e. The van der Waals surface area contributed by atoms with Crippen LogP contribution in [0.2, 0.25) is 0 Å². The predicted molar refractivity (Wildman–Crippen MR) is 103 cm³/mol. The van der Waals surface area contributed by atoms with Gasteiger partial charge in [0.25, 0.3) is 0 Å². The van der Waals surface area contributed by atoms with Gasteiger partial charge in [-0.15, -0.1) is 0 Å². The molecule has 0 spiro atoms. The molecule has 4 nitrogen and oxygen atoms in total. The highest BCUT2D eigenvalue weighted by molar-refractivity contribution is 6.09. The van der Waals surface area contributed by atoms with Gasteiger partial charge >= 0.3 is 0 Å². The number of hydrogen-bond donors (Lipinski definition) is 0. The van der Waals surface area contributed by atoms with E-state index in [1.165, 1.54) is 21.8 Å². The Kier molecular flexibility index (Phi) is 4.95. The van der Waals surface area contributed by atoms with E-state index < -0.39 is 0 Å². The van der Waals surface area contributed by atoms with Gasteiger partial charge in [0.05, 0.1) is 23.4 Å². The molecule has 0 aliphatic rings. The van der Waals surface area contributed by atoms with Crippen molar-refractivity contribution in [2.45, 2.75) is 20.8 Å². The minimum Gasteiger partial charge on any atom is -0.342 e. The third-order valence-electron chi connectivity index (χ3n) is 4.74. The van der Waals surface area contributed by atoms with Crippen molar-refractivity contribution in [3.8, 4) is 0 Å². The van der Waals surface area contributed by atoms with E-state index in [0.29, 0.717) is 0 Å². The molecule has 0 aliphatic carbocycles. The first kappa shape index (κ1) is 16.7. The molecule has 3 rings (SSSR count). The van der Waals surface area contributed by atoms with Gasteiger partial charge < -0.3 is 9.47 Å². The molecule has 0 fully saturated rings. The Morgan fingerprint density at radius 2 is 1.92 bits per heavy atom. The molecule has 0 aliphatic heterocycles. The van der Waals surface area contributed by atoms with Crippen molar-refractivity contribution in [2.75, 3.05) is 26.2 Å². The number of pyridine rings is 1. The summed E-state index contributed by atoms with van der Waals surface area (Å²) >= 11 is 0. The molecule has 0 atom stereocenters. The Hall–Kier alpha value is -2.20. The summed E-state index contributed by atoms with van der Waals surface area (Å²) in [4.78, 5) is 11.7. The number of aromatic nitrogens is 2. The first-order valence-corrected chi connectivity index (χ1v) is 8.72. The molecule has 0 amide bonds. The van der Waals surface area contributed by atoms with Gasteiger partial charge in [-0.05, 0) is 32.1 Å². The first-order chi connectivity index (χ1) is 11.7. The van der Waals surface area contributed by atoms with Gasteiger partial charge in [-0.3, -0.25) is 4.99 Å². The average Bonchev–Trinajstić information content (AvgIpc) is 2.89. The number of hydrogen-bond acceptors (Lipinski definition) is 3. The highest BCUT2D eigenvalue weighted by Crippen LogP contribution is 2.29. The number of aryl methyl sites for hydroxylation is 2. The van der Waals surface area contributed by atoms with Gasteiger partial charge in [0.2, 0.25) is 0 Å². The monoisotopic (exact) mass is 322 g/mol. The summed E-state index contributed by atoms with van der Waals surface area (Å²) in [5.41, 5.74) is 4.44. The summed E-state index contributed by atoms with van der Waals surface area (Å²) in [6, 6.07) is 10.7. The lowest BCUT2D eigenvalue weighted by atomic mass is 10.1. The van der Waals surface area contributed by atoms with Gasteiger partial charge in [-0.25, -0.2) is 4.98 Å². The lowest BCUT2D eigenvalue weighted by Gasteiger charge is -2.15. The number of aliphatic imine (C=N–C) groups is 1. The van der Waals surface area contributed by atoms with E-state index in [0.717, 1.165) is 37.6 Å². The van der Waals surface area contributed by atoms with Gasteiger partial charge in [0, 0.05) is 36.1 Å². The average molecular weight is 322 g/mol. The zero-order valence-corrected chi connectivity index (χ0v) is 15.1. The van der Waals surface area contributed by atoms with Crippen LogP contribution in [0.15, 0.2) is 35.3 Å².